The van der Waals surface area contributed by atoms with Crippen molar-refractivity contribution in [1.82, 2.24) is 4.90 Å². The van der Waals surface area contributed by atoms with Crippen LogP contribution in [0.1, 0.15) is 30.6 Å². The Kier molecular flexibility index (Phi) is 5.44. The first-order chi connectivity index (χ1) is 8.45. The van der Waals surface area contributed by atoms with E-state index >= 15 is 0 Å². The molecular weight excluding hydrogens is 250 g/mol. The Bertz CT molecular complexity index is 421. The van der Waals surface area contributed by atoms with Gasteiger partial charge in [0.1, 0.15) is 0 Å². The van der Waals surface area contributed by atoms with Crippen LogP contribution in [0.5, 0.6) is 0 Å². The number of nitrogen functional groups attached to an aromatic ring is 1. The molecule has 100 valence electrons. The minimum Gasteiger partial charge on any atom is -0.342 e. The molecule has 1 rings (SSSR count). The molecule has 0 saturated carbocycles. The summed E-state index contributed by atoms with van der Waals surface area (Å²) in [7, 11) is 1.78. The fraction of sp³-hybridized carbons (Fsp3) is 0.462. The maximum atomic E-state index is 12.3. The lowest BCUT2D eigenvalue weighted by Gasteiger charge is -2.20. The standard InChI is InChI=1S/C13H20ClN3O/c1-9(2)6-7-17(3)13(18)11-8-10(14)4-5-12(11)16-15/h4-5,8-9,16H,6-7,15H2,1-3H3. The number of halogens is 1. The lowest BCUT2D eigenvalue weighted by atomic mass is 10.1. The first kappa shape index (κ1) is 14.8. The number of nitrogens with zero attached hydrogens (tertiary/aromatic N) is 1. The van der Waals surface area contributed by atoms with Gasteiger partial charge in [-0.15, -0.1) is 0 Å². The van der Waals surface area contributed by atoms with Crippen molar-refractivity contribution in [3.05, 3.63) is 28.8 Å². The van der Waals surface area contributed by atoms with Gasteiger partial charge in [0.25, 0.3) is 5.91 Å². The van der Waals surface area contributed by atoms with E-state index in [2.05, 4.69) is 19.3 Å². The van der Waals surface area contributed by atoms with Gasteiger partial charge in [-0.25, -0.2) is 0 Å². The Morgan fingerprint density at radius 2 is 2.17 bits per heavy atom. The minimum absolute atomic E-state index is 0.0777. The molecule has 0 spiro atoms. The van der Waals surface area contributed by atoms with E-state index in [1.165, 1.54) is 0 Å². The summed E-state index contributed by atoms with van der Waals surface area (Å²) in [4.78, 5) is 13.9. The third kappa shape index (κ3) is 3.89. The highest BCUT2D eigenvalue weighted by Gasteiger charge is 2.16. The summed E-state index contributed by atoms with van der Waals surface area (Å²) in [5.74, 6) is 5.88. The fourth-order valence-electron chi connectivity index (χ4n) is 1.58. The van der Waals surface area contributed by atoms with Gasteiger partial charge in [-0.05, 0) is 30.5 Å². The van der Waals surface area contributed by atoms with E-state index in [4.69, 9.17) is 17.4 Å². The number of hydrogen-bond acceptors (Lipinski definition) is 3. The molecule has 5 heteroatoms. The van der Waals surface area contributed by atoms with Crippen LogP contribution in [0.25, 0.3) is 0 Å². The molecular formula is C13H20ClN3O. The van der Waals surface area contributed by atoms with Crippen LogP contribution >= 0.6 is 11.6 Å². The van der Waals surface area contributed by atoms with Crippen molar-refractivity contribution in [3.8, 4) is 0 Å². The average Bonchev–Trinajstić information content (AvgIpc) is 2.34. The largest absolute Gasteiger partial charge is 0.342 e. The number of hydrazine groups is 1. The smallest absolute Gasteiger partial charge is 0.255 e. The second-order valence-corrected chi connectivity index (χ2v) is 5.18. The molecule has 0 fully saturated rings. The average molecular weight is 270 g/mol. The van der Waals surface area contributed by atoms with Crippen LogP contribution in [-0.4, -0.2) is 24.4 Å². The van der Waals surface area contributed by atoms with Crippen molar-refractivity contribution in [2.75, 3.05) is 19.0 Å². The van der Waals surface area contributed by atoms with Crippen LogP contribution in [0.2, 0.25) is 5.02 Å². The summed E-state index contributed by atoms with van der Waals surface area (Å²) in [6, 6.07) is 5.03. The lowest BCUT2D eigenvalue weighted by Crippen LogP contribution is -2.29. The van der Waals surface area contributed by atoms with E-state index in [1.54, 1.807) is 30.1 Å². The Labute approximate surface area is 113 Å². The molecule has 0 atom stereocenters. The summed E-state index contributed by atoms with van der Waals surface area (Å²) in [5, 5.41) is 0.523. The number of carbonyl (C=O) groups excluding carboxylic acids is 1. The number of nitrogens with one attached hydrogen (secondary N) is 1. The molecule has 3 N–H and O–H groups in total. The molecule has 0 unspecified atom stereocenters. The van der Waals surface area contributed by atoms with Gasteiger partial charge in [0.05, 0.1) is 11.3 Å². The Balaban J connectivity index is 2.85. The molecule has 0 aliphatic rings. The van der Waals surface area contributed by atoms with E-state index in [1.807, 2.05) is 0 Å². The van der Waals surface area contributed by atoms with Crippen molar-refractivity contribution in [2.24, 2.45) is 11.8 Å². The molecule has 0 bridgehead atoms. The topological polar surface area (TPSA) is 58.4 Å². The number of amides is 1. The highest BCUT2D eigenvalue weighted by molar-refractivity contribution is 6.31. The van der Waals surface area contributed by atoms with Crippen LogP contribution in [0, 0.1) is 5.92 Å². The van der Waals surface area contributed by atoms with Crippen molar-refractivity contribution in [1.29, 1.82) is 0 Å². The van der Waals surface area contributed by atoms with E-state index in [0.717, 1.165) is 6.42 Å². The van der Waals surface area contributed by atoms with Gasteiger partial charge in [0.2, 0.25) is 0 Å². The summed E-state index contributed by atoms with van der Waals surface area (Å²) >= 11 is 5.91. The van der Waals surface area contributed by atoms with Gasteiger partial charge in [0, 0.05) is 18.6 Å². The summed E-state index contributed by atoms with van der Waals surface area (Å²) in [5.41, 5.74) is 3.60. The van der Waals surface area contributed by atoms with Gasteiger partial charge in [0.15, 0.2) is 0 Å². The normalized spacial score (nSPS) is 10.6. The molecule has 1 aromatic rings. The maximum Gasteiger partial charge on any atom is 0.255 e. The van der Waals surface area contributed by atoms with Crippen LogP contribution < -0.4 is 11.3 Å². The number of hydrogen-bond donors (Lipinski definition) is 2. The quantitative estimate of drug-likeness (QED) is 0.638. The molecule has 1 aromatic carbocycles. The molecule has 1 amide bonds. The van der Waals surface area contributed by atoms with Gasteiger partial charge in [-0.1, -0.05) is 25.4 Å². The fourth-order valence-corrected chi connectivity index (χ4v) is 1.75. The second kappa shape index (κ2) is 6.61. The van der Waals surface area contributed by atoms with Crippen LogP contribution in [0.3, 0.4) is 0 Å². The number of nitrogens with two attached hydrogens (primary N) is 1. The van der Waals surface area contributed by atoms with Gasteiger partial charge < -0.3 is 10.3 Å². The van der Waals surface area contributed by atoms with Crippen LogP contribution in [0.15, 0.2) is 18.2 Å². The lowest BCUT2D eigenvalue weighted by molar-refractivity contribution is 0.0790. The first-order valence-electron chi connectivity index (χ1n) is 5.97. The molecule has 0 saturated heterocycles. The van der Waals surface area contributed by atoms with Gasteiger partial charge in [-0.3, -0.25) is 10.6 Å². The van der Waals surface area contributed by atoms with E-state index in [9.17, 15) is 4.79 Å². The maximum absolute atomic E-state index is 12.3. The zero-order valence-corrected chi connectivity index (χ0v) is 11.8. The van der Waals surface area contributed by atoms with E-state index in [-0.39, 0.29) is 5.91 Å². The first-order valence-corrected chi connectivity index (χ1v) is 6.35. The SMILES string of the molecule is CC(C)CCN(C)C(=O)c1cc(Cl)ccc1NN. The van der Waals surface area contributed by atoms with Gasteiger partial charge >= 0.3 is 0 Å². The molecule has 0 aromatic heterocycles. The number of benzene rings is 1. The predicted octanol–water partition coefficient (Wildman–Crippen LogP) is 2.74. The third-order valence-corrected chi connectivity index (χ3v) is 2.99. The Morgan fingerprint density at radius 1 is 1.50 bits per heavy atom. The van der Waals surface area contributed by atoms with Crippen molar-refractivity contribution >= 4 is 23.2 Å². The molecule has 0 aliphatic heterocycles. The van der Waals surface area contributed by atoms with Crippen molar-refractivity contribution in [2.45, 2.75) is 20.3 Å². The molecule has 4 nitrogen and oxygen atoms in total. The molecule has 18 heavy (non-hydrogen) atoms. The van der Waals surface area contributed by atoms with Crippen LogP contribution in [-0.2, 0) is 0 Å². The van der Waals surface area contributed by atoms with E-state index in [0.29, 0.717) is 28.7 Å². The van der Waals surface area contributed by atoms with E-state index < -0.39 is 0 Å². The summed E-state index contributed by atoms with van der Waals surface area (Å²) < 4.78 is 0. The summed E-state index contributed by atoms with van der Waals surface area (Å²) in [6.45, 7) is 4.97. The molecule has 0 radical (unpaired) electrons. The predicted molar refractivity (Wildman–Crippen MR) is 75.7 cm³/mol. The Hall–Kier alpha value is -1.26. The number of anilines is 1. The van der Waals surface area contributed by atoms with Gasteiger partial charge in [-0.2, -0.15) is 0 Å². The monoisotopic (exact) mass is 269 g/mol. The number of rotatable bonds is 5. The molecule has 0 heterocycles. The van der Waals surface area contributed by atoms with Crippen LogP contribution in [0.4, 0.5) is 5.69 Å². The Morgan fingerprint density at radius 3 is 2.72 bits per heavy atom. The number of carbonyl (C=O) groups is 1. The minimum atomic E-state index is -0.0777. The third-order valence-electron chi connectivity index (χ3n) is 2.76. The second-order valence-electron chi connectivity index (χ2n) is 4.74. The summed E-state index contributed by atoms with van der Waals surface area (Å²) in [6.07, 6.45) is 0.966. The van der Waals surface area contributed by atoms with Crippen molar-refractivity contribution < 1.29 is 4.79 Å². The zero-order chi connectivity index (χ0) is 13.7. The highest BCUT2D eigenvalue weighted by Crippen LogP contribution is 2.21. The van der Waals surface area contributed by atoms with Crippen molar-refractivity contribution in [3.63, 3.8) is 0 Å². The molecule has 0 aliphatic carbocycles. The zero-order valence-electron chi connectivity index (χ0n) is 11.0. The highest BCUT2D eigenvalue weighted by atomic mass is 35.5.